The van der Waals surface area contributed by atoms with Gasteiger partial charge in [-0.25, -0.2) is 0 Å². The van der Waals surface area contributed by atoms with Crippen LogP contribution in [0.1, 0.15) is 76.4 Å². The minimum atomic E-state index is -0.453. The number of hydrogen-bond donors (Lipinski definition) is 1. The third kappa shape index (κ3) is 5.80. The van der Waals surface area contributed by atoms with Crippen LogP contribution in [-0.4, -0.2) is 17.3 Å². The van der Waals surface area contributed by atoms with Crippen molar-refractivity contribution in [2.24, 2.45) is 0 Å². The number of rotatable bonds is 11. The number of aliphatic hydroxyl groups excluding tert-OH is 1. The molecule has 1 fully saturated rings. The molecule has 1 N–H and O–H groups in total. The number of benzene rings is 1. The highest BCUT2D eigenvalue weighted by atomic mass is 16.6. The lowest BCUT2D eigenvalue weighted by Gasteiger charge is -2.07. The van der Waals surface area contributed by atoms with Gasteiger partial charge in [-0.2, -0.15) is 0 Å². The van der Waals surface area contributed by atoms with E-state index in [-0.39, 0.29) is 12.2 Å². The molecule has 0 radical (unpaired) electrons. The van der Waals surface area contributed by atoms with E-state index in [1.807, 2.05) is 30.3 Å². The first kappa shape index (κ1) is 16.5. The minimum absolute atomic E-state index is 0.0250. The predicted octanol–water partition coefficient (Wildman–Crippen LogP) is 5.02. The highest BCUT2D eigenvalue weighted by Crippen LogP contribution is 2.37. The molecule has 0 unspecified atom stereocenters. The fourth-order valence-electron chi connectivity index (χ4n) is 2.99. The van der Waals surface area contributed by atoms with Crippen molar-refractivity contribution >= 4 is 0 Å². The van der Waals surface area contributed by atoms with E-state index in [1.165, 1.54) is 51.4 Å². The zero-order chi connectivity index (χ0) is 14.9. The van der Waals surface area contributed by atoms with Crippen LogP contribution in [0.5, 0.6) is 0 Å². The summed E-state index contributed by atoms with van der Waals surface area (Å²) < 4.78 is 5.64. The lowest BCUT2D eigenvalue weighted by Crippen LogP contribution is -2.08. The molecule has 1 saturated heterocycles. The van der Waals surface area contributed by atoms with Crippen molar-refractivity contribution in [3.63, 3.8) is 0 Å². The fourth-order valence-corrected chi connectivity index (χ4v) is 2.99. The number of unbranched alkanes of at least 4 members (excludes halogenated alkanes) is 7. The van der Waals surface area contributed by atoms with Crippen LogP contribution < -0.4 is 0 Å². The summed E-state index contributed by atoms with van der Waals surface area (Å²) in [5.74, 6) is 0. The third-order valence-electron chi connectivity index (χ3n) is 4.42. The Labute approximate surface area is 129 Å². The van der Waals surface area contributed by atoms with Gasteiger partial charge in [0.25, 0.3) is 0 Å². The van der Waals surface area contributed by atoms with Crippen molar-refractivity contribution in [3.8, 4) is 0 Å². The minimum Gasteiger partial charge on any atom is -0.386 e. The second-order valence-electron chi connectivity index (χ2n) is 6.26. The predicted molar refractivity (Wildman–Crippen MR) is 87.3 cm³/mol. The summed E-state index contributed by atoms with van der Waals surface area (Å²) >= 11 is 0. The van der Waals surface area contributed by atoms with E-state index in [9.17, 15) is 5.11 Å². The average Bonchev–Trinajstić information content (AvgIpc) is 3.29. The van der Waals surface area contributed by atoms with Gasteiger partial charge in [-0.3, -0.25) is 0 Å². The summed E-state index contributed by atoms with van der Waals surface area (Å²) in [4.78, 5) is 0. The summed E-state index contributed by atoms with van der Waals surface area (Å²) in [6, 6.07) is 9.85. The maximum atomic E-state index is 10.2. The summed E-state index contributed by atoms with van der Waals surface area (Å²) in [5.41, 5.74) is 0.973. The number of epoxide rings is 1. The Balaban J connectivity index is 1.50. The molecule has 0 amide bonds. The molecule has 0 aromatic heterocycles. The van der Waals surface area contributed by atoms with Crippen LogP contribution in [0.2, 0.25) is 0 Å². The van der Waals surface area contributed by atoms with Gasteiger partial charge in [0.15, 0.2) is 0 Å². The molecule has 0 spiro atoms. The Hall–Kier alpha value is -0.860. The van der Waals surface area contributed by atoms with E-state index < -0.39 is 6.10 Å². The zero-order valence-corrected chi connectivity index (χ0v) is 13.3. The van der Waals surface area contributed by atoms with Crippen molar-refractivity contribution in [2.45, 2.75) is 83.0 Å². The number of aliphatic hydroxyl groups is 1. The van der Waals surface area contributed by atoms with Crippen LogP contribution in [0.25, 0.3) is 0 Å². The van der Waals surface area contributed by atoms with Gasteiger partial charge in [0.2, 0.25) is 0 Å². The molecule has 2 rings (SSSR count). The van der Waals surface area contributed by atoms with Crippen LogP contribution in [0, 0.1) is 0 Å². The van der Waals surface area contributed by atoms with Crippen LogP contribution in [-0.2, 0) is 4.74 Å². The standard InChI is InChI=1S/C19H30O2/c1-2-3-4-5-6-7-8-12-15-17-19(21-17)18(20)16-13-10-9-11-14-16/h9-11,13-14,17-20H,2-8,12,15H2,1H3/t17-,18-,19+/m0/s1. The summed E-state index contributed by atoms with van der Waals surface area (Å²) in [6.45, 7) is 2.26. The molecule has 1 aliphatic heterocycles. The van der Waals surface area contributed by atoms with Gasteiger partial charge in [-0.1, -0.05) is 88.6 Å². The van der Waals surface area contributed by atoms with E-state index in [2.05, 4.69) is 6.92 Å². The van der Waals surface area contributed by atoms with E-state index in [0.29, 0.717) is 0 Å². The van der Waals surface area contributed by atoms with Crippen molar-refractivity contribution < 1.29 is 9.84 Å². The van der Waals surface area contributed by atoms with Crippen LogP contribution >= 0.6 is 0 Å². The summed E-state index contributed by atoms with van der Waals surface area (Å²) in [5, 5.41) is 10.2. The number of hydrogen-bond acceptors (Lipinski definition) is 2. The quantitative estimate of drug-likeness (QED) is 0.458. The largest absolute Gasteiger partial charge is 0.386 e. The molecule has 1 aromatic carbocycles. The first-order chi connectivity index (χ1) is 10.3. The number of ether oxygens (including phenoxy) is 1. The Morgan fingerprint density at radius 3 is 2.24 bits per heavy atom. The molecule has 2 nitrogen and oxygen atoms in total. The van der Waals surface area contributed by atoms with Crippen LogP contribution in [0.4, 0.5) is 0 Å². The topological polar surface area (TPSA) is 32.8 Å². The molecular weight excluding hydrogens is 260 g/mol. The Morgan fingerprint density at radius 1 is 0.952 bits per heavy atom. The van der Waals surface area contributed by atoms with E-state index in [1.54, 1.807) is 0 Å². The van der Waals surface area contributed by atoms with Crippen molar-refractivity contribution in [3.05, 3.63) is 35.9 Å². The highest BCUT2D eigenvalue weighted by molar-refractivity contribution is 5.20. The fraction of sp³-hybridized carbons (Fsp3) is 0.684. The third-order valence-corrected chi connectivity index (χ3v) is 4.42. The Kier molecular flexibility index (Phi) is 7.25. The summed E-state index contributed by atoms with van der Waals surface area (Å²) in [7, 11) is 0. The highest BCUT2D eigenvalue weighted by Gasteiger charge is 2.43. The van der Waals surface area contributed by atoms with Gasteiger partial charge in [0.05, 0.1) is 6.10 Å². The molecule has 21 heavy (non-hydrogen) atoms. The normalized spacial score (nSPS) is 22.2. The SMILES string of the molecule is CCCCCCCCCC[C@@H]1O[C@H]1[C@@H](O)c1ccccc1. The molecule has 1 aromatic rings. The first-order valence-electron chi connectivity index (χ1n) is 8.71. The molecule has 0 bridgehead atoms. The molecule has 1 heterocycles. The van der Waals surface area contributed by atoms with Gasteiger partial charge in [0, 0.05) is 0 Å². The lowest BCUT2D eigenvalue weighted by molar-refractivity contribution is 0.137. The second kappa shape index (κ2) is 9.22. The maximum Gasteiger partial charge on any atom is 0.114 e. The molecule has 2 heteroatoms. The van der Waals surface area contributed by atoms with Crippen molar-refractivity contribution in [2.75, 3.05) is 0 Å². The first-order valence-corrected chi connectivity index (χ1v) is 8.71. The van der Waals surface area contributed by atoms with Crippen molar-refractivity contribution in [1.29, 1.82) is 0 Å². The molecule has 3 atom stereocenters. The molecule has 0 aliphatic carbocycles. The van der Waals surface area contributed by atoms with Gasteiger partial charge in [-0.15, -0.1) is 0 Å². The van der Waals surface area contributed by atoms with Crippen LogP contribution in [0.3, 0.4) is 0 Å². The van der Waals surface area contributed by atoms with E-state index in [4.69, 9.17) is 4.74 Å². The van der Waals surface area contributed by atoms with E-state index in [0.717, 1.165) is 12.0 Å². The van der Waals surface area contributed by atoms with Gasteiger partial charge in [-0.05, 0) is 12.0 Å². The molecule has 0 saturated carbocycles. The smallest absolute Gasteiger partial charge is 0.114 e. The van der Waals surface area contributed by atoms with Crippen LogP contribution in [0.15, 0.2) is 30.3 Å². The summed E-state index contributed by atoms with van der Waals surface area (Å²) in [6.07, 6.45) is 11.7. The molecular formula is C19H30O2. The van der Waals surface area contributed by atoms with E-state index >= 15 is 0 Å². The van der Waals surface area contributed by atoms with Gasteiger partial charge in [0.1, 0.15) is 12.2 Å². The van der Waals surface area contributed by atoms with Crippen molar-refractivity contribution in [1.82, 2.24) is 0 Å². The molecule has 1 aliphatic rings. The van der Waals surface area contributed by atoms with Gasteiger partial charge < -0.3 is 9.84 Å². The monoisotopic (exact) mass is 290 g/mol. The lowest BCUT2D eigenvalue weighted by atomic mass is 10.0. The zero-order valence-electron chi connectivity index (χ0n) is 13.3. The Morgan fingerprint density at radius 2 is 1.57 bits per heavy atom. The van der Waals surface area contributed by atoms with Gasteiger partial charge >= 0.3 is 0 Å². The Bertz CT molecular complexity index is 376. The second-order valence-corrected chi connectivity index (χ2v) is 6.26. The average molecular weight is 290 g/mol. The maximum absolute atomic E-state index is 10.2. The molecule has 118 valence electrons.